The molecule has 4 aromatic carbocycles. The number of ether oxygens (including phenoxy) is 2. The largest absolute Gasteiger partial charge is 0.496 e. The summed E-state index contributed by atoms with van der Waals surface area (Å²) in [5, 5.41) is 16.5. The number of halogens is 4. The molecule has 2 fully saturated rings. The maximum atomic E-state index is 14.4. The van der Waals surface area contributed by atoms with E-state index in [4.69, 9.17) is 32.7 Å². The van der Waals surface area contributed by atoms with E-state index >= 15 is 0 Å². The molecule has 14 nitrogen and oxygen atoms in total. The fourth-order valence-corrected chi connectivity index (χ4v) is 7.66. The van der Waals surface area contributed by atoms with Crippen molar-refractivity contribution in [2.75, 3.05) is 45.0 Å². The SMILES string of the molecule is COc1cc2ncnc(Nc3cccc(Cl)c3F)c2cc1CN(C)[C@H]1CCCNC1=O.COc1cc2ncnc(Nc3cccc(Cl)c3F)c2cc1CN[C@H]1CCCNC1=O. The molecule has 0 unspecified atom stereocenters. The molecule has 8 rings (SSSR count). The molecule has 0 aliphatic carbocycles. The van der Waals surface area contributed by atoms with Gasteiger partial charge in [-0.2, -0.15) is 0 Å². The first-order valence-corrected chi connectivity index (χ1v) is 20.3. The molecule has 2 saturated heterocycles. The molecule has 61 heavy (non-hydrogen) atoms. The standard InChI is InChI=1S/C22H23ClFN5O2.C21H21ClFN5O2/c1-29(18-7-4-8-25-22(18)30)11-13-9-14-17(10-19(13)31-2)26-12-27-21(14)28-16-6-3-5-15(23)20(16)24;1-30-18-9-17-13(8-12(18)10-25-16-6-3-7-24-21(16)29)20(27-11-26-17)28-15-5-2-4-14(22)19(15)23/h3,5-6,9-10,12,18H,4,7-8,11H2,1-2H3,(H,25,30)(H,26,27,28);2,4-5,8-9,11,16,25H,3,6-7,10H2,1H3,(H,24,29)(H,26,27,28)/t18-;16-/m00/s1. The number of nitrogens with one attached hydrogen (secondary N) is 5. The van der Waals surface area contributed by atoms with Gasteiger partial charge in [-0.15, -0.1) is 0 Å². The van der Waals surface area contributed by atoms with Crippen molar-refractivity contribution in [2.24, 2.45) is 0 Å². The van der Waals surface area contributed by atoms with Gasteiger partial charge in [0.25, 0.3) is 0 Å². The Labute approximate surface area is 360 Å². The predicted molar refractivity (Wildman–Crippen MR) is 232 cm³/mol. The Morgan fingerprint density at radius 3 is 1.80 bits per heavy atom. The summed E-state index contributed by atoms with van der Waals surface area (Å²) in [5.41, 5.74) is 3.45. The zero-order valence-electron chi connectivity index (χ0n) is 33.6. The summed E-state index contributed by atoms with van der Waals surface area (Å²) in [5.74, 6) is 1.14. The van der Waals surface area contributed by atoms with Crippen LogP contribution < -0.4 is 36.1 Å². The fourth-order valence-electron chi connectivity index (χ4n) is 7.31. The van der Waals surface area contributed by atoms with Crippen molar-refractivity contribution in [3.8, 4) is 11.5 Å². The minimum absolute atomic E-state index is 0.00289. The Morgan fingerprint density at radius 2 is 1.26 bits per heavy atom. The number of benzene rings is 4. The zero-order valence-corrected chi connectivity index (χ0v) is 35.1. The molecule has 0 bridgehead atoms. The average Bonchev–Trinajstić information content (AvgIpc) is 3.26. The second kappa shape index (κ2) is 19.6. The summed E-state index contributed by atoms with van der Waals surface area (Å²) in [6.07, 6.45) is 6.28. The highest BCUT2D eigenvalue weighted by molar-refractivity contribution is 6.31. The Balaban J connectivity index is 0.000000184. The van der Waals surface area contributed by atoms with Gasteiger partial charge in [0.05, 0.1) is 58.8 Å². The van der Waals surface area contributed by atoms with E-state index in [0.29, 0.717) is 64.6 Å². The van der Waals surface area contributed by atoms with Crippen molar-refractivity contribution in [3.05, 3.63) is 106 Å². The van der Waals surface area contributed by atoms with Crippen molar-refractivity contribution in [2.45, 2.75) is 50.9 Å². The smallest absolute Gasteiger partial charge is 0.237 e. The molecule has 2 aliphatic rings. The number of anilines is 4. The molecule has 2 amide bonds. The van der Waals surface area contributed by atoms with E-state index in [0.717, 1.165) is 43.4 Å². The highest BCUT2D eigenvalue weighted by atomic mass is 35.5. The molecule has 2 atom stereocenters. The van der Waals surface area contributed by atoms with Crippen LogP contribution in [0.3, 0.4) is 0 Å². The van der Waals surface area contributed by atoms with Crippen LogP contribution in [0.15, 0.2) is 73.3 Å². The lowest BCUT2D eigenvalue weighted by molar-refractivity contribution is -0.128. The van der Waals surface area contributed by atoms with Gasteiger partial charge in [-0.25, -0.2) is 28.7 Å². The summed E-state index contributed by atoms with van der Waals surface area (Å²) in [4.78, 5) is 43.5. The van der Waals surface area contributed by atoms with Crippen molar-refractivity contribution >= 4 is 79.8 Å². The summed E-state index contributed by atoms with van der Waals surface area (Å²) in [7, 11) is 5.10. The number of rotatable bonds is 12. The number of aromatic nitrogens is 4. The van der Waals surface area contributed by atoms with Crippen LogP contribution >= 0.6 is 23.2 Å². The van der Waals surface area contributed by atoms with Gasteiger partial charge in [-0.1, -0.05) is 35.3 Å². The van der Waals surface area contributed by atoms with E-state index in [2.05, 4.69) is 46.5 Å². The van der Waals surface area contributed by atoms with Gasteiger partial charge in [-0.3, -0.25) is 14.5 Å². The van der Waals surface area contributed by atoms with Gasteiger partial charge < -0.3 is 36.1 Å². The normalized spacial score (nSPS) is 16.4. The lowest BCUT2D eigenvalue weighted by Gasteiger charge is -2.30. The third-order valence-electron chi connectivity index (χ3n) is 10.5. The Hall–Kier alpha value is -5.94. The maximum Gasteiger partial charge on any atom is 0.237 e. The minimum atomic E-state index is -0.551. The molecular weight excluding hydrogens is 829 g/mol. The van der Waals surface area contributed by atoms with Crippen LogP contribution in [-0.2, 0) is 22.7 Å². The number of carbonyl (C=O) groups excluding carboxylic acids is 2. The van der Waals surface area contributed by atoms with E-state index < -0.39 is 11.6 Å². The number of hydrogen-bond acceptors (Lipinski definition) is 12. The first-order valence-electron chi connectivity index (χ1n) is 19.6. The summed E-state index contributed by atoms with van der Waals surface area (Å²) in [6.45, 7) is 2.35. The second-order valence-electron chi connectivity index (χ2n) is 14.5. The van der Waals surface area contributed by atoms with Crippen LogP contribution in [0, 0.1) is 11.6 Å². The van der Waals surface area contributed by atoms with Gasteiger partial charge >= 0.3 is 0 Å². The Kier molecular flexibility index (Phi) is 13.9. The summed E-state index contributed by atoms with van der Waals surface area (Å²) in [6, 6.07) is 16.4. The third kappa shape index (κ3) is 10.00. The second-order valence-corrected chi connectivity index (χ2v) is 15.3. The van der Waals surface area contributed by atoms with E-state index in [1.54, 1.807) is 44.6 Å². The highest BCUT2D eigenvalue weighted by Gasteiger charge is 2.27. The quantitative estimate of drug-likeness (QED) is 0.0827. The molecule has 4 heterocycles. The molecule has 318 valence electrons. The van der Waals surface area contributed by atoms with E-state index in [9.17, 15) is 18.4 Å². The average molecular weight is 874 g/mol. The number of nitrogens with zero attached hydrogens (tertiary/aromatic N) is 5. The number of piperidine rings is 2. The zero-order chi connectivity index (χ0) is 43.0. The number of likely N-dealkylation sites (N-methyl/N-ethyl adjacent to an activating group) is 1. The molecule has 2 aliphatic heterocycles. The number of hydrogen-bond donors (Lipinski definition) is 5. The topological polar surface area (TPSA) is 168 Å². The molecule has 6 aromatic rings. The number of fused-ring (bicyclic) bond motifs is 2. The molecule has 0 radical (unpaired) electrons. The van der Waals surface area contributed by atoms with Crippen LogP contribution in [0.4, 0.5) is 31.8 Å². The third-order valence-corrected chi connectivity index (χ3v) is 11.1. The van der Waals surface area contributed by atoms with E-state index in [1.807, 2.05) is 30.1 Å². The number of carbonyl (C=O) groups is 2. The minimum Gasteiger partial charge on any atom is -0.496 e. The van der Waals surface area contributed by atoms with Gasteiger partial charge in [0.1, 0.15) is 35.8 Å². The lowest BCUT2D eigenvalue weighted by atomic mass is 10.0. The monoisotopic (exact) mass is 872 g/mol. The van der Waals surface area contributed by atoms with Crippen LogP contribution in [0.2, 0.25) is 10.0 Å². The van der Waals surface area contributed by atoms with Gasteiger partial charge in [-0.05, 0) is 69.1 Å². The highest BCUT2D eigenvalue weighted by Crippen LogP contribution is 2.34. The van der Waals surface area contributed by atoms with E-state index in [1.165, 1.54) is 24.8 Å². The molecular formula is C43H44Cl2F2N10O4. The summed E-state index contributed by atoms with van der Waals surface area (Å²) >= 11 is 11.8. The van der Waals surface area contributed by atoms with Crippen molar-refractivity contribution in [3.63, 3.8) is 0 Å². The molecule has 5 N–H and O–H groups in total. The predicted octanol–water partition coefficient (Wildman–Crippen LogP) is 7.43. The molecule has 2 aromatic heterocycles. The molecule has 18 heteroatoms. The van der Waals surface area contributed by atoms with Gasteiger partial charge in [0, 0.05) is 60.2 Å². The number of methoxy groups -OCH3 is 2. The van der Waals surface area contributed by atoms with Crippen LogP contribution in [0.5, 0.6) is 11.5 Å². The Bertz CT molecular complexity index is 2570. The fraction of sp³-hybridized carbons (Fsp3) is 0.302. The van der Waals surface area contributed by atoms with Gasteiger partial charge in [0.2, 0.25) is 11.8 Å². The first kappa shape index (κ1) is 43.2. The Morgan fingerprint density at radius 1 is 0.738 bits per heavy atom. The van der Waals surface area contributed by atoms with Crippen molar-refractivity contribution in [1.82, 2.24) is 40.8 Å². The van der Waals surface area contributed by atoms with E-state index in [-0.39, 0.29) is 45.3 Å². The van der Waals surface area contributed by atoms with Crippen LogP contribution in [0.1, 0.15) is 36.8 Å². The van der Waals surface area contributed by atoms with Crippen molar-refractivity contribution < 1.29 is 27.8 Å². The molecule has 0 saturated carbocycles. The summed E-state index contributed by atoms with van der Waals surface area (Å²) < 4.78 is 39.8. The maximum absolute atomic E-state index is 14.4. The lowest BCUT2D eigenvalue weighted by Crippen LogP contribution is -2.48. The molecule has 0 spiro atoms. The number of amides is 2. The van der Waals surface area contributed by atoms with Crippen LogP contribution in [-0.4, -0.2) is 83.1 Å². The van der Waals surface area contributed by atoms with Gasteiger partial charge in [0.15, 0.2) is 11.6 Å². The van der Waals surface area contributed by atoms with Crippen LogP contribution in [0.25, 0.3) is 21.8 Å². The van der Waals surface area contributed by atoms with Crippen molar-refractivity contribution in [1.29, 1.82) is 0 Å². The first-order chi connectivity index (χ1) is 29.5.